The van der Waals surface area contributed by atoms with E-state index in [1.54, 1.807) is 18.2 Å². The monoisotopic (exact) mass is 404 g/mol. The van der Waals surface area contributed by atoms with Crippen LogP contribution >= 0.6 is 0 Å². The molecule has 0 bridgehead atoms. The van der Waals surface area contributed by atoms with Gasteiger partial charge in [-0.15, -0.1) is 0 Å². The van der Waals surface area contributed by atoms with E-state index in [4.69, 9.17) is 14.2 Å². The van der Waals surface area contributed by atoms with Crippen LogP contribution in [-0.4, -0.2) is 37.6 Å². The second-order valence-electron chi connectivity index (χ2n) is 5.49. The van der Waals surface area contributed by atoms with Gasteiger partial charge in [0.25, 0.3) is 11.6 Å². The largest absolute Gasteiger partial charge is 0.493 e. The first-order valence-corrected chi connectivity index (χ1v) is 8.15. The highest BCUT2D eigenvalue weighted by Gasteiger charge is 2.14. The van der Waals surface area contributed by atoms with Crippen LogP contribution in [0.4, 0.5) is 15.8 Å². The van der Waals surface area contributed by atoms with Crippen molar-refractivity contribution in [3.8, 4) is 11.5 Å². The number of nitrogens with zero attached hydrogens (tertiary/aromatic N) is 1. The molecule has 0 saturated heterocycles. The van der Waals surface area contributed by atoms with E-state index in [2.05, 4.69) is 5.32 Å². The Hall–Kier alpha value is -3.95. The summed E-state index contributed by atoms with van der Waals surface area (Å²) in [5.41, 5.74) is -0.238. The summed E-state index contributed by atoms with van der Waals surface area (Å²) >= 11 is 0. The Morgan fingerprint density at radius 2 is 1.97 bits per heavy atom. The van der Waals surface area contributed by atoms with Gasteiger partial charge in [-0.3, -0.25) is 14.9 Å². The molecule has 0 aliphatic carbocycles. The number of halogens is 1. The van der Waals surface area contributed by atoms with Crippen LogP contribution in [-0.2, 0) is 14.3 Å². The molecule has 0 aliphatic heterocycles. The molecule has 0 fully saturated rings. The van der Waals surface area contributed by atoms with Gasteiger partial charge in [-0.05, 0) is 18.2 Å². The summed E-state index contributed by atoms with van der Waals surface area (Å²) in [6.45, 7) is -0.708. The van der Waals surface area contributed by atoms with Crippen molar-refractivity contribution in [2.75, 3.05) is 26.1 Å². The summed E-state index contributed by atoms with van der Waals surface area (Å²) in [6, 6.07) is 7.75. The van der Waals surface area contributed by atoms with Crippen molar-refractivity contribution in [1.29, 1.82) is 0 Å². The minimum absolute atomic E-state index is 0.392. The van der Waals surface area contributed by atoms with Gasteiger partial charge in [-0.25, -0.2) is 9.18 Å². The molecule has 0 aliphatic rings. The Labute approximate surface area is 164 Å². The van der Waals surface area contributed by atoms with Crippen molar-refractivity contribution < 1.29 is 33.1 Å². The molecule has 2 aromatic carbocycles. The number of hydrogen-bond donors (Lipinski definition) is 1. The first-order chi connectivity index (χ1) is 13.8. The third-order valence-corrected chi connectivity index (χ3v) is 3.61. The molecule has 0 aromatic heterocycles. The van der Waals surface area contributed by atoms with Crippen LogP contribution in [0.5, 0.6) is 11.5 Å². The molecule has 1 N–H and O–H groups in total. The van der Waals surface area contributed by atoms with E-state index in [0.29, 0.717) is 17.1 Å². The van der Waals surface area contributed by atoms with E-state index in [1.165, 1.54) is 20.3 Å². The Morgan fingerprint density at radius 1 is 1.21 bits per heavy atom. The number of rotatable bonds is 8. The van der Waals surface area contributed by atoms with Crippen molar-refractivity contribution in [2.45, 2.75) is 0 Å². The van der Waals surface area contributed by atoms with Crippen LogP contribution < -0.4 is 14.8 Å². The summed E-state index contributed by atoms with van der Waals surface area (Å²) in [5, 5.41) is 12.8. The number of carbonyl (C=O) groups is 2. The predicted molar refractivity (Wildman–Crippen MR) is 101 cm³/mol. The van der Waals surface area contributed by atoms with E-state index in [-0.39, 0.29) is 0 Å². The lowest BCUT2D eigenvalue weighted by molar-refractivity contribution is -0.384. The number of hydrogen-bond acceptors (Lipinski definition) is 7. The fraction of sp³-hybridized carbons (Fsp3) is 0.158. The number of nitro benzene ring substituents is 1. The van der Waals surface area contributed by atoms with Crippen LogP contribution in [0.2, 0.25) is 0 Å². The number of benzene rings is 2. The zero-order valence-corrected chi connectivity index (χ0v) is 15.5. The summed E-state index contributed by atoms with van der Waals surface area (Å²) < 4.78 is 28.8. The summed E-state index contributed by atoms with van der Waals surface area (Å²) in [5.74, 6) is -1.66. The molecule has 0 radical (unpaired) electrons. The van der Waals surface area contributed by atoms with E-state index < -0.39 is 40.6 Å². The number of amides is 1. The topological polar surface area (TPSA) is 117 Å². The number of para-hydroxylation sites is 1. The molecule has 0 unspecified atom stereocenters. The molecular weight excluding hydrogens is 387 g/mol. The first-order valence-electron chi connectivity index (χ1n) is 8.15. The molecule has 152 valence electrons. The maximum absolute atomic E-state index is 13.7. The van der Waals surface area contributed by atoms with E-state index >= 15 is 0 Å². The number of nitro groups is 1. The smallest absolute Gasteiger partial charge is 0.331 e. The molecule has 0 spiro atoms. The highest BCUT2D eigenvalue weighted by atomic mass is 19.1. The molecule has 29 heavy (non-hydrogen) atoms. The third-order valence-electron chi connectivity index (χ3n) is 3.61. The molecule has 0 saturated carbocycles. The number of nitrogens with one attached hydrogen (secondary N) is 1. The standard InChI is InChI=1S/C19H17FN2O7/c1-27-16-5-3-4-12(19(16)28-2)6-9-18(24)29-11-17(23)21-15-10-13(22(25)26)7-8-14(15)20/h3-10H,11H2,1-2H3,(H,21,23)/b9-6+. The second-order valence-corrected chi connectivity index (χ2v) is 5.49. The number of ether oxygens (including phenoxy) is 3. The molecule has 10 heteroatoms. The Bertz CT molecular complexity index is 960. The Balaban J connectivity index is 1.96. The maximum Gasteiger partial charge on any atom is 0.331 e. The van der Waals surface area contributed by atoms with E-state index in [9.17, 15) is 24.1 Å². The van der Waals surface area contributed by atoms with Crippen molar-refractivity contribution in [3.63, 3.8) is 0 Å². The van der Waals surface area contributed by atoms with Crippen molar-refractivity contribution in [3.05, 3.63) is 64.0 Å². The van der Waals surface area contributed by atoms with Crippen molar-refractivity contribution in [1.82, 2.24) is 0 Å². The normalized spacial score (nSPS) is 10.4. The lowest BCUT2D eigenvalue weighted by Gasteiger charge is -2.09. The molecule has 0 heterocycles. The van der Waals surface area contributed by atoms with Gasteiger partial charge in [-0.2, -0.15) is 0 Å². The molecule has 2 aromatic rings. The average Bonchev–Trinajstić information content (AvgIpc) is 2.71. The van der Waals surface area contributed by atoms with Gasteiger partial charge in [0, 0.05) is 23.8 Å². The SMILES string of the molecule is COc1cccc(/C=C/C(=O)OCC(=O)Nc2cc([N+](=O)[O-])ccc2F)c1OC. The lowest BCUT2D eigenvalue weighted by atomic mass is 10.1. The zero-order valence-electron chi connectivity index (χ0n) is 15.5. The summed E-state index contributed by atoms with van der Waals surface area (Å²) in [6.07, 6.45) is 2.50. The molecule has 0 atom stereocenters. The zero-order chi connectivity index (χ0) is 21.4. The van der Waals surface area contributed by atoms with Gasteiger partial charge < -0.3 is 19.5 Å². The van der Waals surface area contributed by atoms with Gasteiger partial charge in [0.15, 0.2) is 18.1 Å². The minimum atomic E-state index is -0.861. The van der Waals surface area contributed by atoms with Crippen molar-refractivity contribution in [2.24, 2.45) is 0 Å². The number of methoxy groups -OCH3 is 2. The number of non-ortho nitro benzene ring substituents is 1. The van der Waals surface area contributed by atoms with E-state index in [1.807, 2.05) is 0 Å². The van der Waals surface area contributed by atoms with Gasteiger partial charge in [-0.1, -0.05) is 12.1 Å². The Morgan fingerprint density at radius 3 is 2.62 bits per heavy atom. The summed E-state index contributed by atoms with van der Waals surface area (Å²) in [7, 11) is 2.92. The quantitative estimate of drug-likeness (QED) is 0.311. The summed E-state index contributed by atoms with van der Waals surface area (Å²) in [4.78, 5) is 33.6. The highest BCUT2D eigenvalue weighted by Crippen LogP contribution is 2.31. The van der Waals surface area contributed by atoms with Crippen LogP contribution in [0.3, 0.4) is 0 Å². The molecule has 2 rings (SSSR count). The third kappa shape index (κ3) is 5.76. The first kappa shape index (κ1) is 21.4. The maximum atomic E-state index is 13.7. The predicted octanol–water partition coefficient (Wildman–Crippen LogP) is 2.95. The fourth-order valence-corrected chi connectivity index (χ4v) is 2.29. The number of anilines is 1. The molecular formula is C19H17FN2O7. The molecule has 9 nitrogen and oxygen atoms in total. The fourth-order valence-electron chi connectivity index (χ4n) is 2.29. The van der Waals surface area contributed by atoms with Crippen LogP contribution in [0, 0.1) is 15.9 Å². The van der Waals surface area contributed by atoms with Gasteiger partial charge in [0.1, 0.15) is 5.82 Å². The second kappa shape index (κ2) is 9.83. The minimum Gasteiger partial charge on any atom is -0.493 e. The lowest BCUT2D eigenvalue weighted by Crippen LogP contribution is -2.20. The van der Waals surface area contributed by atoms with Gasteiger partial charge in [0.05, 0.1) is 24.8 Å². The Kier molecular flexibility index (Phi) is 7.24. The van der Waals surface area contributed by atoms with Crippen LogP contribution in [0.15, 0.2) is 42.5 Å². The average molecular weight is 404 g/mol. The van der Waals surface area contributed by atoms with Gasteiger partial charge in [0.2, 0.25) is 0 Å². The molecule has 1 amide bonds. The van der Waals surface area contributed by atoms with Crippen molar-refractivity contribution >= 4 is 29.3 Å². The number of esters is 1. The van der Waals surface area contributed by atoms with Gasteiger partial charge >= 0.3 is 5.97 Å². The highest BCUT2D eigenvalue weighted by molar-refractivity contribution is 5.95. The van der Waals surface area contributed by atoms with E-state index in [0.717, 1.165) is 24.3 Å². The number of carbonyl (C=O) groups excluding carboxylic acids is 2. The van der Waals surface area contributed by atoms with Crippen LogP contribution in [0.25, 0.3) is 6.08 Å². The van der Waals surface area contributed by atoms with Crippen LogP contribution in [0.1, 0.15) is 5.56 Å².